The van der Waals surface area contributed by atoms with Crippen LogP contribution in [-0.2, 0) is 10.2 Å². The molecule has 25 heavy (non-hydrogen) atoms. The van der Waals surface area contributed by atoms with Crippen molar-refractivity contribution in [3.63, 3.8) is 0 Å². The fraction of sp³-hybridized carbons (Fsp3) is 0.273. The first-order valence-electron chi connectivity index (χ1n) is 8.24. The Labute approximate surface area is 150 Å². The van der Waals surface area contributed by atoms with Crippen LogP contribution in [0, 0.1) is 11.3 Å². The molecule has 0 unspecified atom stereocenters. The fourth-order valence-corrected chi connectivity index (χ4v) is 2.72. The van der Waals surface area contributed by atoms with Gasteiger partial charge >= 0.3 is 0 Å². The Bertz CT molecular complexity index is 849. The third kappa shape index (κ3) is 3.80. The maximum atomic E-state index is 12.2. The van der Waals surface area contributed by atoms with Crippen molar-refractivity contribution in [2.24, 2.45) is 0 Å². The quantitative estimate of drug-likeness (QED) is 0.737. The van der Waals surface area contributed by atoms with Gasteiger partial charge in [0.1, 0.15) is 6.07 Å². The lowest BCUT2D eigenvalue weighted by Gasteiger charge is -2.21. The fourth-order valence-electron chi connectivity index (χ4n) is 2.72. The molecule has 0 atom stereocenters. The molecule has 2 aromatic carbocycles. The van der Waals surface area contributed by atoms with E-state index in [9.17, 15) is 10.1 Å². The van der Waals surface area contributed by atoms with Crippen molar-refractivity contribution in [2.75, 3.05) is 11.9 Å². The summed E-state index contributed by atoms with van der Waals surface area (Å²) in [6.45, 7) is 11.9. The van der Waals surface area contributed by atoms with Crippen LogP contribution < -0.4 is 4.90 Å². The van der Waals surface area contributed by atoms with Gasteiger partial charge in [0.2, 0.25) is 0 Å². The van der Waals surface area contributed by atoms with Crippen LogP contribution in [0.4, 0.5) is 5.69 Å². The summed E-state index contributed by atoms with van der Waals surface area (Å²) in [5, 5.41) is 9.70. The van der Waals surface area contributed by atoms with Gasteiger partial charge in [0, 0.05) is 18.2 Å². The van der Waals surface area contributed by atoms with Gasteiger partial charge in [-0.2, -0.15) is 5.26 Å². The Morgan fingerprint density at radius 3 is 2.20 bits per heavy atom. The minimum Gasteiger partial charge on any atom is -0.310 e. The number of carbonyl (C=O) groups excluding carboxylic acids is 1. The molecule has 0 spiro atoms. The van der Waals surface area contributed by atoms with Gasteiger partial charge in [0.25, 0.3) is 5.91 Å². The number of hydrogen-bond acceptors (Lipinski definition) is 2. The number of anilines is 1. The zero-order valence-electron chi connectivity index (χ0n) is 15.6. The van der Waals surface area contributed by atoms with Crippen molar-refractivity contribution in [1.82, 2.24) is 0 Å². The zero-order chi connectivity index (χ0) is 18.8. The highest BCUT2D eigenvalue weighted by molar-refractivity contribution is 6.05. The molecule has 0 saturated heterocycles. The Balaban J connectivity index is 2.53. The second-order valence-corrected chi connectivity index (χ2v) is 7.28. The Kier molecular flexibility index (Phi) is 5.13. The van der Waals surface area contributed by atoms with Gasteiger partial charge in [-0.3, -0.25) is 4.79 Å². The number of nitrogens with zero attached hydrogens (tertiary/aromatic N) is 2. The Hall–Kier alpha value is -2.86. The molecule has 0 aliphatic carbocycles. The summed E-state index contributed by atoms with van der Waals surface area (Å²) in [4.78, 5) is 13.7. The monoisotopic (exact) mass is 332 g/mol. The third-order valence-electron chi connectivity index (χ3n) is 4.25. The van der Waals surface area contributed by atoms with Gasteiger partial charge in [0.15, 0.2) is 0 Å². The minimum absolute atomic E-state index is 0.0760. The minimum atomic E-state index is -0.197. The molecule has 0 saturated carbocycles. The van der Waals surface area contributed by atoms with Crippen LogP contribution in [0.25, 0.3) is 11.1 Å². The van der Waals surface area contributed by atoms with Gasteiger partial charge in [-0.15, -0.1) is 0 Å². The van der Waals surface area contributed by atoms with Crippen LogP contribution in [0.15, 0.2) is 54.6 Å². The predicted molar refractivity (Wildman–Crippen MR) is 104 cm³/mol. The number of nitriles is 1. The number of hydrogen-bond donors (Lipinski definition) is 0. The van der Waals surface area contributed by atoms with Crippen LogP contribution in [0.5, 0.6) is 0 Å². The highest BCUT2D eigenvalue weighted by atomic mass is 16.2. The molecule has 0 bridgehead atoms. The van der Waals surface area contributed by atoms with Crippen molar-refractivity contribution in [1.29, 1.82) is 5.26 Å². The summed E-state index contributed by atoms with van der Waals surface area (Å²) >= 11 is 0. The maximum Gasteiger partial charge on any atom is 0.253 e. The molecular formula is C22H24N2O. The second-order valence-electron chi connectivity index (χ2n) is 7.28. The molecule has 0 fully saturated rings. The normalized spacial score (nSPS) is 10.9. The molecule has 1 amide bonds. The summed E-state index contributed by atoms with van der Waals surface area (Å²) in [6.07, 6.45) is 0. The lowest BCUT2D eigenvalue weighted by Crippen LogP contribution is -2.27. The van der Waals surface area contributed by atoms with Crippen LogP contribution in [0.2, 0.25) is 0 Å². The van der Waals surface area contributed by atoms with E-state index in [4.69, 9.17) is 0 Å². The average molecular weight is 332 g/mol. The highest BCUT2D eigenvalue weighted by Gasteiger charge is 2.19. The smallest absolute Gasteiger partial charge is 0.253 e. The van der Waals surface area contributed by atoms with E-state index in [0.29, 0.717) is 16.8 Å². The zero-order valence-corrected chi connectivity index (χ0v) is 15.6. The van der Waals surface area contributed by atoms with E-state index < -0.39 is 0 Å². The van der Waals surface area contributed by atoms with E-state index in [0.717, 1.165) is 11.1 Å². The topological polar surface area (TPSA) is 44.1 Å². The number of likely N-dealkylation sites (N-methyl/N-ethyl adjacent to an activating group) is 1. The lowest BCUT2D eigenvalue weighted by atomic mass is 9.86. The molecule has 3 heteroatoms. The SMILES string of the molecule is C=C(C)C(=O)N(C)c1cccc(-c2ccc(C(C)(C)C)cc2)c1C#N. The number of amides is 1. The summed E-state index contributed by atoms with van der Waals surface area (Å²) in [6, 6.07) is 16.1. The first-order chi connectivity index (χ1) is 11.7. The van der Waals surface area contributed by atoms with E-state index in [2.05, 4.69) is 45.6 Å². The Morgan fingerprint density at radius 2 is 1.72 bits per heavy atom. The standard InChI is InChI=1S/C22H24N2O/c1-15(2)21(25)24(6)20-9-7-8-18(19(20)14-23)16-10-12-17(13-11-16)22(3,4)5/h7-13H,1H2,2-6H3. The molecule has 2 rings (SSSR count). The summed E-state index contributed by atoms with van der Waals surface area (Å²) in [5.74, 6) is -0.197. The van der Waals surface area contributed by atoms with E-state index in [-0.39, 0.29) is 11.3 Å². The molecule has 0 radical (unpaired) electrons. The van der Waals surface area contributed by atoms with Crippen molar-refractivity contribution in [3.05, 3.63) is 65.7 Å². The van der Waals surface area contributed by atoms with Crippen LogP contribution in [-0.4, -0.2) is 13.0 Å². The number of rotatable bonds is 3. The van der Waals surface area contributed by atoms with Crippen LogP contribution in [0.1, 0.15) is 38.8 Å². The van der Waals surface area contributed by atoms with Gasteiger partial charge in [-0.1, -0.05) is 63.7 Å². The molecule has 128 valence electrons. The van der Waals surface area contributed by atoms with Crippen molar-refractivity contribution < 1.29 is 4.79 Å². The van der Waals surface area contributed by atoms with E-state index >= 15 is 0 Å². The van der Waals surface area contributed by atoms with Gasteiger partial charge < -0.3 is 4.90 Å². The number of benzene rings is 2. The lowest BCUT2D eigenvalue weighted by molar-refractivity contribution is -0.114. The van der Waals surface area contributed by atoms with Crippen LogP contribution >= 0.6 is 0 Å². The van der Waals surface area contributed by atoms with Gasteiger partial charge in [-0.05, 0) is 29.5 Å². The van der Waals surface area contributed by atoms with Gasteiger partial charge in [0.05, 0.1) is 11.3 Å². The summed E-state index contributed by atoms with van der Waals surface area (Å²) < 4.78 is 0. The molecule has 2 aromatic rings. The van der Waals surface area contributed by atoms with Crippen molar-refractivity contribution in [3.8, 4) is 17.2 Å². The first kappa shape index (κ1) is 18.5. The summed E-state index contributed by atoms with van der Waals surface area (Å²) in [5.41, 5.74) is 4.61. The highest BCUT2D eigenvalue weighted by Crippen LogP contribution is 2.32. The van der Waals surface area contributed by atoms with E-state index in [1.54, 1.807) is 20.0 Å². The molecule has 3 nitrogen and oxygen atoms in total. The molecule has 0 aliphatic rings. The molecule has 0 aliphatic heterocycles. The molecule has 0 aromatic heterocycles. The third-order valence-corrected chi connectivity index (χ3v) is 4.25. The largest absolute Gasteiger partial charge is 0.310 e. The van der Waals surface area contributed by atoms with E-state index in [1.807, 2.05) is 24.3 Å². The average Bonchev–Trinajstić information content (AvgIpc) is 2.58. The molecule has 0 N–H and O–H groups in total. The Morgan fingerprint density at radius 1 is 1.12 bits per heavy atom. The van der Waals surface area contributed by atoms with Crippen molar-refractivity contribution >= 4 is 11.6 Å². The van der Waals surface area contributed by atoms with Gasteiger partial charge in [-0.25, -0.2) is 0 Å². The summed E-state index contributed by atoms with van der Waals surface area (Å²) in [7, 11) is 1.67. The first-order valence-corrected chi connectivity index (χ1v) is 8.24. The maximum absolute atomic E-state index is 12.2. The number of carbonyl (C=O) groups is 1. The molecule has 0 heterocycles. The predicted octanol–water partition coefficient (Wildman–Crippen LogP) is 5.06. The van der Waals surface area contributed by atoms with Crippen molar-refractivity contribution in [2.45, 2.75) is 33.1 Å². The van der Waals surface area contributed by atoms with E-state index in [1.165, 1.54) is 10.5 Å². The second kappa shape index (κ2) is 6.94. The van der Waals surface area contributed by atoms with Crippen LogP contribution in [0.3, 0.4) is 0 Å². The molecular weight excluding hydrogens is 308 g/mol.